The molecular formula is C27H26O5. The number of fused-ring (bicyclic) bond motifs is 1. The van der Waals surface area contributed by atoms with Gasteiger partial charge in [-0.25, -0.2) is 0 Å². The molecule has 0 N–H and O–H groups in total. The van der Waals surface area contributed by atoms with Crippen LogP contribution in [0.15, 0.2) is 54.6 Å². The van der Waals surface area contributed by atoms with E-state index in [1.807, 2.05) is 61.5 Å². The maximum Gasteiger partial charge on any atom is 0.203 e. The summed E-state index contributed by atoms with van der Waals surface area (Å²) in [5.74, 6) is 1.92. The predicted octanol–water partition coefficient (Wildman–Crippen LogP) is 5.67. The van der Waals surface area contributed by atoms with E-state index >= 15 is 0 Å². The molecule has 1 aliphatic carbocycles. The minimum absolute atomic E-state index is 0.113. The molecule has 0 fully saturated rings. The van der Waals surface area contributed by atoms with Gasteiger partial charge in [-0.2, -0.15) is 0 Å². The maximum atomic E-state index is 12.3. The third kappa shape index (κ3) is 3.98. The summed E-state index contributed by atoms with van der Waals surface area (Å²) in [7, 11) is 3.17. The monoisotopic (exact) mass is 430 g/mol. The van der Waals surface area contributed by atoms with Crippen LogP contribution in [0.3, 0.4) is 0 Å². The maximum absolute atomic E-state index is 12.3. The molecule has 3 aromatic rings. The van der Waals surface area contributed by atoms with Crippen LogP contribution < -0.4 is 14.2 Å². The Morgan fingerprint density at radius 3 is 2.28 bits per heavy atom. The van der Waals surface area contributed by atoms with E-state index in [-0.39, 0.29) is 11.6 Å². The number of carbonyl (C=O) groups excluding carboxylic acids is 2. The molecule has 3 aromatic carbocycles. The van der Waals surface area contributed by atoms with Crippen LogP contribution in [0.4, 0.5) is 0 Å². The first kappa shape index (κ1) is 21.6. The van der Waals surface area contributed by atoms with E-state index in [1.54, 1.807) is 14.2 Å². The molecule has 0 radical (unpaired) electrons. The first-order valence-electron chi connectivity index (χ1n) is 10.7. The van der Waals surface area contributed by atoms with Gasteiger partial charge in [0.25, 0.3) is 0 Å². The largest absolute Gasteiger partial charge is 0.493 e. The summed E-state index contributed by atoms with van der Waals surface area (Å²) in [6.45, 7) is 2.15. The Labute approximate surface area is 187 Å². The van der Waals surface area contributed by atoms with E-state index in [1.165, 1.54) is 0 Å². The van der Waals surface area contributed by atoms with Crippen molar-refractivity contribution in [3.05, 3.63) is 76.9 Å². The van der Waals surface area contributed by atoms with Gasteiger partial charge < -0.3 is 14.2 Å². The van der Waals surface area contributed by atoms with E-state index in [9.17, 15) is 9.59 Å². The summed E-state index contributed by atoms with van der Waals surface area (Å²) in [5.41, 5.74) is 5.26. The van der Waals surface area contributed by atoms with Crippen LogP contribution in [0.25, 0.3) is 11.1 Å². The molecule has 5 heteroatoms. The third-order valence-corrected chi connectivity index (χ3v) is 5.85. The molecule has 4 rings (SSSR count). The van der Waals surface area contributed by atoms with E-state index in [4.69, 9.17) is 14.2 Å². The van der Waals surface area contributed by atoms with Crippen molar-refractivity contribution in [2.24, 2.45) is 0 Å². The molecule has 5 nitrogen and oxygen atoms in total. The summed E-state index contributed by atoms with van der Waals surface area (Å²) in [5, 5.41) is 0. The number of methoxy groups -OCH3 is 2. The van der Waals surface area contributed by atoms with Crippen LogP contribution in [-0.4, -0.2) is 25.8 Å². The zero-order chi connectivity index (χ0) is 22.7. The highest BCUT2D eigenvalue weighted by Gasteiger charge is 2.26. The standard InChI is InChI=1S/C27H26O5/c1-4-23(28)18-10-8-17(9-11-18)16-32-26-22(13-15-25(30-2)27(26)31-3)19-6-5-7-21-20(19)12-14-24(21)29/h5-11,13,15H,4,12,14,16H2,1-3H3. The summed E-state index contributed by atoms with van der Waals surface area (Å²) < 4.78 is 17.4. The molecule has 0 saturated heterocycles. The van der Waals surface area contributed by atoms with Crippen LogP contribution in [0.5, 0.6) is 17.2 Å². The van der Waals surface area contributed by atoms with Crippen molar-refractivity contribution >= 4 is 11.6 Å². The van der Waals surface area contributed by atoms with Gasteiger partial charge in [0.2, 0.25) is 5.75 Å². The van der Waals surface area contributed by atoms with Crippen LogP contribution in [0.1, 0.15) is 51.6 Å². The molecule has 0 atom stereocenters. The van der Waals surface area contributed by atoms with Crippen molar-refractivity contribution < 1.29 is 23.8 Å². The molecule has 0 bridgehead atoms. The van der Waals surface area contributed by atoms with Gasteiger partial charge in [0.05, 0.1) is 14.2 Å². The van der Waals surface area contributed by atoms with Gasteiger partial charge in [0, 0.05) is 29.5 Å². The van der Waals surface area contributed by atoms with Crippen molar-refractivity contribution in [1.29, 1.82) is 0 Å². The molecule has 1 aliphatic rings. The zero-order valence-electron chi connectivity index (χ0n) is 18.6. The second-order valence-electron chi connectivity index (χ2n) is 7.69. The van der Waals surface area contributed by atoms with Gasteiger partial charge in [-0.3, -0.25) is 9.59 Å². The topological polar surface area (TPSA) is 61.8 Å². The average molecular weight is 431 g/mol. The van der Waals surface area contributed by atoms with Crippen molar-refractivity contribution in [3.63, 3.8) is 0 Å². The molecule has 164 valence electrons. The van der Waals surface area contributed by atoms with Gasteiger partial charge in [0.1, 0.15) is 6.61 Å². The minimum atomic E-state index is 0.113. The Bertz CT molecular complexity index is 1160. The Kier molecular flexibility index (Phi) is 6.26. The number of Topliss-reactive ketones (excluding diaryl/α,β-unsaturated/α-hetero) is 2. The SMILES string of the molecule is CCC(=O)c1ccc(COc2c(-c3cccc4c3CCC4=O)ccc(OC)c2OC)cc1. The zero-order valence-corrected chi connectivity index (χ0v) is 18.6. The quantitative estimate of drug-likeness (QED) is 0.431. The second kappa shape index (κ2) is 9.27. The number of hydrogen-bond acceptors (Lipinski definition) is 5. The van der Waals surface area contributed by atoms with E-state index in [0.29, 0.717) is 48.7 Å². The van der Waals surface area contributed by atoms with Gasteiger partial charge in [0.15, 0.2) is 23.1 Å². The molecule has 0 unspecified atom stereocenters. The van der Waals surface area contributed by atoms with Gasteiger partial charge in [-0.05, 0) is 35.2 Å². The molecule has 0 amide bonds. The summed E-state index contributed by atoms with van der Waals surface area (Å²) >= 11 is 0. The fraction of sp³-hybridized carbons (Fsp3) is 0.259. The first-order chi connectivity index (χ1) is 15.6. The van der Waals surface area contributed by atoms with Crippen LogP contribution in [-0.2, 0) is 13.0 Å². The lowest BCUT2D eigenvalue weighted by Gasteiger charge is -2.19. The highest BCUT2D eigenvalue weighted by molar-refractivity contribution is 6.02. The second-order valence-corrected chi connectivity index (χ2v) is 7.69. The van der Waals surface area contributed by atoms with E-state index < -0.39 is 0 Å². The molecule has 32 heavy (non-hydrogen) atoms. The van der Waals surface area contributed by atoms with Crippen molar-refractivity contribution in [2.75, 3.05) is 14.2 Å². The van der Waals surface area contributed by atoms with Crippen molar-refractivity contribution in [2.45, 2.75) is 32.8 Å². The number of ketones is 2. The highest BCUT2D eigenvalue weighted by atomic mass is 16.5. The van der Waals surface area contributed by atoms with Gasteiger partial charge in [-0.1, -0.05) is 49.4 Å². The molecule has 0 heterocycles. The summed E-state index contributed by atoms with van der Waals surface area (Å²) in [6, 6.07) is 17.0. The first-order valence-corrected chi connectivity index (χ1v) is 10.7. The number of ether oxygens (including phenoxy) is 3. The molecular weight excluding hydrogens is 404 g/mol. The smallest absolute Gasteiger partial charge is 0.203 e. The number of carbonyl (C=O) groups is 2. The number of hydrogen-bond donors (Lipinski definition) is 0. The van der Waals surface area contributed by atoms with Crippen LogP contribution in [0.2, 0.25) is 0 Å². The van der Waals surface area contributed by atoms with E-state index in [2.05, 4.69) is 0 Å². The Balaban J connectivity index is 1.73. The van der Waals surface area contributed by atoms with E-state index in [0.717, 1.165) is 27.8 Å². The lowest BCUT2D eigenvalue weighted by molar-refractivity contribution is 0.0982. The Hall–Kier alpha value is -3.60. The lowest BCUT2D eigenvalue weighted by atomic mass is 9.95. The van der Waals surface area contributed by atoms with Gasteiger partial charge >= 0.3 is 0 Å². The average Bonchev–Trinajstić information content (AvgIpc) is 3.22. The molecule has 0 saturated carbocycles. The normalized spacial score (nSPS) is 12.4. The fourth-order valence-electron chi connectivity index (χ4n) is 4.14. The van der Waals surface area contributed by atoms with Crippen molar-refractivity contribution in [1.82, 2.24) is 0 Å². The van der Waals surface area contributed by atoms with Crippen LogP contribution in [0, 0.1) is 0 Å². The summed E-state index contributed by atoms with van der Waals surface area (Å²) in [4.78, 5) is 24.2. The summed E-state index contributed by atoms with van der Waals surface area (Å²) in [6.07, 6.45) is 1.72. The highest BCUT2D eigenvalue weighted by Crippen LogP contribution is 2.46. The third-order valence-electron chi connectivity index (χ3n) is 5.85. The number of benzene rings is 3. The predicted molar refractivity (Wildman–Crippen MR) is 123 cm³/mol. The fourth-order valence-corrected chi connectivity index (χ4v) is 4.14. The lowest BCUT2D eigenvalue weighted by Crippen LogP contribution is -2.03. The Morgan fingerprint density at radius 2 is 1.59 bits per heavy atom. The minimum Gasteiger partial charge on any atom is -0.493 e. The van der Waals surface area contributed by atoms with Gasteiger partial charge in [-0.15, -0.1) is 0 Å². The molecule has 0 spiro atoms. The number of rotatable bonds is 8. The molecule has 0 aliphatic heterocycles. The molecule has 0 aromatic heterocycles. The Morgan fingerprint density at radius 1 is 0.844 bits per heavy atom. The van der Waals surface area contributed by atoms with Crippen LogP contribution >= 0.6 is 0 Å². The van der Waals surface area contributed by atoms with Crippen molar-refractivity contribution in [3.8, 4) is 28.4 Å².